The topological polar surface area (TPSA) is 46.5 Å². The van der Waals surface area contributed by atoms with Crippen LogP contribution in [-0.2, 0) is 11.2 Å². The minimum atomic E-state index is -0.762. The van der Waals surface area contributed by atoms with E-state index >= 15 is 0 Å². The van der Waals surface area contributed by atoms with E-state index in [9.17, 15) is 4.79 Å². The van der Waals surface area contributed by atoms with Crippen molar-refractivity contribution in [3.05, 3.63) is 29.8 Å². The largest absolute Gasteiger partial charge is 0.490 e. The number of aryl methyl sites for hydroxylation is 1. The summed E-state index contributed by atoms with van der Waals surface area (Å²) in [5.74, 6) is 0.0973. The van der Waals surface area contributed by atoms with Crippen molar-refractivity contribution in [1.82, 2.24) is 0 Å². The van der Waals surface area contributed by atoms with Crippen LogP contribution in [0.1, 0.15) is 38.7 Å². The van der Waals surface area contributed by atoms with Crippen LogP contribution in [0, 0.1) is 0 Å². The number of ether oxygens (including phenoxy) is 1. The third kappa shape index (κ3) is 4.89. The molecular formula is C14H20O3. The number of aliphatic carboxylic acids is 1. The lowest BCUT2D eigenvalue weighted by Crippen LogP contribution is -2.13. The predicted molar refractivity (Wildman–Crippen MR) is 67.4 cm³/mol. The van der Waals surface area contributed by atoms with Crippen LogP contribution in [0.25, 0.3) is 0 Å². The summed E-state index contributed by atoms with van der Waals surface area (Å²) in [6, 6.07) is 7.69. The number of carboxylic acids is 1. The van der Waals surface area contributed by atoms with Gasteiger partial charge in [0.15, 0.2) is 0 Å². The molecule has 0 saturated heterocycles. The summed E-state index contributed by atoms with van der Waals surface area (Å²) in [6.45, 7) is 4.21. The van der Waals surface area contributed by atoms with Gasteiger partial charge in [-0.2, -0.15) is 0 Å². The molecule has 3 nitrogen and oxygen atoms in total. The maximum absolute atomic E-state index is 10.4. The standard InChI is InChI=1S/C14H20O3/c1-3-12(4-2)17-13-8-5-11(6-9-13)7-10-14(15)16/h5-6,8-9,12H,3-4,7,10H2,1-2H3,(H,15,16). The zero-order valence-electron chi connectivity index (χ0n) is 10.5. The normalized spacial score (nSPS) is 10.5. The highest BCUT2D eigenvalue weighted by Crippen LogP contribution is 2.17. The first kappa shape index (κ1) is 13.6. The number of carbonyl (C=O) groups is 1. The summed E-state index contributed by atoms with van der Waals surface area (Å²) < 4.78 is 5.78. The summed E-state index contributed by atoms with van der Waals surface area (Å²) in [6.07, 6.45) is 3.00. The van der Waals surface area contributed by atoms with Crippen LogP contribution in [0.4, 0.5) is 0 Å². The molecule has 1 N–H and O–H groups in total. The van der Waals surface area contributed by atoms with Crippen LogP contribution in [-0.4, -0.2) is 17.2 Å². The van der Waals surface area contributed by atoms with Gasteiger partial charge in [0.25, 0.3) is 0 Å². The molecule has 17 heavy (non-hydrogen) atoms. The molecule has 0 aliphatic rings. The van der Waals surface area contributed by atoms with Gasteiger partial charge < -0.3 is 9.84 Å². The van der Waals surface area contributed by atoms with E-state index in [1.807, 2.05) is 24.3 Å². The number of benzene rings is 1. The van der Waals surface area contributed by atoms with Crippen molar-refractivity contribution in [2.75, 3.05) is 0 Å². The fraction of sp³-hybridized carbons (Fsp3) is 0.500. The van der Waals surface area contributed by atoms with Crippen molar-refractivity contribution >= 4 is 5.97 Å². The van der Waals surface area contributed by atoms with Crippen LogP contribution >= 0.6 is 0 Å². The molecule has 0 amide bonds. The van der Waals surface area contributed by atoms with Crippen molar-refractivity contribution < 1.29 is 14.6 Å². The smallest absolute Gasteiger partial charge is 0.303 e. The molecule has 1 aromatic rings. The Bertz CT molecular complexity index is 339. The zero-order chi connectivity index (χ0) is 12.7. The molecule has 0 aliphatic heterocycles. The second-order valence-corrected chi connectivity index (χ2v) is 4.09. The van der Waals surface area contributed by atoms with Gasteiger partial charge >= 0.3 is 5.97 Å². The summed E-state index contributed by atoms with van der Waals surface area (Å²) >= 11 is 0. The van der Waals surface area contributed by atoms with Gasteiger partial charge in [0.05, 0.1) is 6.10 Å². The SMILES string of the molecule is CCC(CC)Oc1ccc(CCC(=O)O)cc1. The summed E-state index contributed by atoms with van der Waals surface area (Å²) in [7, 11) is 0. The molecule has 0 aliphatic carbocycles. The van der Waals surface area contributed by atoms with E-state index in [1.165, 1.54) is 0 Å². The first-order valence-corrected chi connectivity index (χ1v) is 6.13. The van der Waals surface area contributed by atoms with Crippen molar-refractivity contribution in [3.63, 3.8) is 0 Å². The average Bonchev–Trinajstić information content (AvgIpc) is 2.34. The van der Waals surface area contributed by atoms with Gasteiger partial charge in [-0.15, -0.1) is 0 Å². The van der Waals surface area contributed by atoms with Crippen LogP contribution in [0.5, 0.6) is 5.75 Å². The summed E-state index contributed by atoms with van der Waals surface area (Å²) in [4.78, 5) is 10.4. The van der Waals surface area contributed by atoms with E-state index in [-0.39, 0.29) is 12.5 Å². The Kier molecular flexibility index (Phi) is 5.53. The highest BCUT2D eigenvalue weighted by Gasteiger charge is 2.05. The van der Waals surface area contributed by atoms with E-state index < -0.39 is 5.97 Å². The maximum Gasteiger partial charge on any atom is 0.303 e. The van der Waals surface area contributed by atoms with E-state index in [1.54, 1.807) is 0 Å². The third-order valence-corrected chi connectivity index (χ3v) is 2.76. The van der Waals surface area contributed by atoms with Crippen molar-refractivity contribution in [3.8, 4) is 5.75 Å². The first-order chi connectivity index (χ1) is 8.15. The molecular weight excluding hydrogens is 216 g/mol. The maximum atomic E-state index is 10.4. The van der Waals surface area contributed by atoms with E-state index in [0.717, 1.165) is 24.2 Å². The van der Waals surface area contributed by atoms with E-state index in [2.05, 4.69) is 13.8 Å². The van der Waals surface area contributed by atoms with Crippen LogP contribution < -0.4 is 4.74 Å². The van der Waals surface area contributed by atoms with E-state index in [4.69, 9.17) is 9.84 Å². The Morgan fingerprint density at radius 3 is 2.29 bits per heavy atom. The third-order valence-electron chi connectivity index (χ3n) is 2.76. The monoisotopic (exact) mass is 236 g/mol. The lowest BCUT2D eigenvalue weighted by molar-refractivity contribution is -0.136. The minimum absolute atomic E-state index is 0.173. The highest BCUT2D eigenvalue weighted by molar-refractivity contribution is 5.67. The van der Waals surface area contributed by atoms with Gasteiger partial charge in [-0.3, -0.25) is 4.79 Å². The number of carboxylic acid groups (broad SMARTS) is 1. The number of hydrogen-bond donors (Lipinski definition) is 1. The Hall–Kier alpha value is -1.51. The Morgan fingerprint density at radius 2 is 1.82 bits per heavy atom. The molecule has 1 aromatic carbocycles. The zero-order valence-corrected chi connectivity index (χ0v) is 10.5. The number of rotatable bonds is 7. The Labute approximate surface area is 102 Å². The molecule has 0 unspecified atom stereocenters. The second-order valence-electron chi connectivity index (χ2n) is 4.09. The van der Waals surface area contributed by atoms with Gasteiger partial charge in [-0.25, -0.2) is 0 Å². The van der Waals surface area contributed by atoms with Crippen molar-refractivity contribution in [2.45, 2.75) is 45.6 Å². The fourth-order valence-electron chi connectivity index (χ4n) is 1.63. The van der Waals surface area contributed by atoms with Gasteiger partial charge in [-0.1, -0.05) is 26.0 Å². The van der Waals surface area contributed by atoms with Gasteiger partial charge in [0.1, 0.15) is 5.75 Å². The molecule has 0 fully saturated rings. The lowest BCUT2D eigenvalue weighted by Gasteiger charge is -2.15. The lowest BCUT2D eigenvalue weighted by atomic mass is 10.1. The molecule has 0 spiro atoms. The molecule has 0 heterocycles. The highest BCUT2D eigenvalue weighted by atomic mass is 16.5. The fourth-order valence-corrected chi connectivity index (χ4v) is 1.63. The Balaban J connectivity index is 2.52. The summed E-state index contributed by atoms with van der Waals surface area (Å²) in [5.41, 5.74) is 1.03. The van der Waals surface area contributed by atoms with Crippen molar-refractivity contribution in [1.29, 1.82) is 0 Å². The first-order valence-electron chi connectivity index (χ1n) is 6.13. The Morgan fingerprint density at radius 1 is 1.24 bits per heavy atom. The van der Waals surface area contributed by atoms with Crippen molar-refractivity contribution in [2.24, 2.45) is 0 Å². The van der Waals surface area contributed by atoms with Gasteiger partial charge in [-0.05, 0) is 37.0 Å². The van der Waals surface area contributed by atoms with Gasteiger partial charge in [0.2, 0.25) is 0 Å². The predicted octanol–water partition coefficient (Wildman–Crippen LogP) is 3.27. The molecule has 1 rings (SSSR count). The molecule has 94 valence electrons. The molecule has 0 bridgehead atoms. The minimum Gasteiger partial charge on any atom is -0.490 e. The van der Waals surface area contributed by atoms with Crippen LogP contribution in [0.2, 0.25) is 0 Å². The average molecular weight is 236 g/mol. The van der Waals surface area contributed by atoms with Crippen LogP contribution in [0.3, 0.4) is 0 Å². The quantitative estimate of drug-likeness (QED) is 0.790. The van der Waals surface area contributed by atoms with Gasteiger partial charge in [0, 0.05) is 6.42 Å². The molecule has 0 saturated carbocycles. The van der Waals surface area contributed by atoms with E-state index in [0.29, 0.717) is 6.42 Å². The molecule has 0 aromatic heterocycles. The molecule has 0 radical (unpaired) electrons. The number of hydrogen-bond acceptors (Lipinski definition) is 2. The van der Waals surface area contributed by atoms with Crippen LogP contribution in [0.15, 0.2) is 24.3 Å². The summed E-state index contributed by atoms with van der Waals surface area (Å²) in [5, 5.41) is 8.59. The molecule has 0 atom stereocenters. The second kappa shape index (κ2) is 6.94. The molecule has 3 heteroatoms.